The number of carbonyl (C=O) groups is 1. The zero-order valence-electron chi connectivity index (χ0n) is 12.0. The van der Waals surface area contributed by atoms with Gasteiger partial charge in [0.05, 0.1) is 0 Å². The zero-order valence-corrected chi connectivity index (χ0v) is 12.0. The summed E-state index contributed by atoms with van der Waals surface area (Å²) in [7, 11) is 0. The highest BCUT2D eigenvalue weighted by atomic mass is 16.2. The fraction of sp³-hybridized carbons (Fsp3) is 0.533. The number of carbonyl (C=O) groups excluding carboxylic acids is 1. The van der Waals surface area contributed by atoms with Gasteiger partial charge >= 0.3 is 0 Å². The van der Waals surface area contributed by atoms with Gasteiger partial charge in [-0.1, -0.05) is 6.92 Å². The van der Waals surface area contributed by atoms with E-state index in [9.17, 15) is 4.79 Å². The number of nitrogen functional groups attached to an aromatic ring is 1. The molecular weight excluding hydrogens is 238 g/mol. The van der Waals surface area contributed by atoms with E-state index in [0.29, 0.717) is 5.69 Å². The summed E-state index contributed by atoms with van der Waals surface area (Å²) in [6, 6.07) is 7.67. The fourth-order valence-electron chi connectivity index (χ4n) is 2.87. The summed E-state index contributed by atoms with van der Waals surface area (Å²) < 4.78 is 0. The lowest BCUT2D eigenvalue weighted by Gasteiger charge is -2.44. The number of rotatable bonds is 2. The summed E-state index contributed by atoms with van der Waals surface area (Å²) in [4.78, 5) is 17.0. The van der Waals surface area contributed by atoms with Crippen molar-refractivity contribution in [1.82, 2.24) is 9.80 Å². The third kappa shape index (κ3) is 2.89. The van der Waals surface area contributed by atoms with Gasteiger partial charge in [0.25, 0.3) is 5.91 Å². The van der Waals surface area contributed by atoms with Gasteiger partial charge in [0.2, 0.25) is 0 Å². The molecule has 2 atom stereocenters. The maximum absolute atomic E-state index is 12.6. The lowest BCUT2D eigenvalue weighted by Crippen LogP contribution is -2.58. The van der Waals surface area contributed by atoms with Gasteiger partial charge < -0.3 is 10.6 Å². The molecule has 0 bridgehead atoms. The Hall–Kier alpha value is -1.55. The van der Waals surface area contributed by atoms with E-state index in [1.54, 1.807) is 12.1 Å². The molecule has 104 valence electrons. The highest BCUT2D eigenvalue weighted by Gasteiger charge is 2.32. The summed E-state index contributed by atoms with van der Waals surface area (Å²) in [5, 5.41) is 0. The van der Waals surface area contributed by atoms with Crippen LogP contribution in [0, 0.1) is 0 Å². The first-order valence-corrected chi connectivity index (χ1v) is 6.93. The molecule has 1 heterocycles. The molecule has 0 radical (unpaired) electrons. The number of nitrogens with zero attached hydrogens (tertiary/aromatic N) is 2. The van der Waals surface area contributed by atoms with Crippen LogP contribution in [0.25, 0.3) is 0 Å². The Morgan fingerprint density at radius 3 is 2.21 bits per heavy atom. The monoisotopic (exact) mass is 261 g/mol. The maximum Gasteiger partial charge on any atom is 0.254 e. The first kappa shape index (κ1) is 13.9. The van der Waals surface area contributed by atoms with E-state index in [2.05, 4.69) is 25.7 Å². The van der Waals surface area contributed by atoms with Gasteiger partial charge in [-0.25, -0.2) is 0 Å². The van der Waals surface area contributed by atoms with Crippen LogP contribution >= 0.6 is 0 Å². The van der Waals surface area contributed by atoms with E-state index in [-0.39, 0.29) is 18.0 Å². The molecule has 1 fully saturated rings. The van der Waals surface area contributed by atoms with E-state index >= 15 is 0 Å². The van der Waals surface area contributed by atoms with Crippen LogP contribution in [-0.2, 0) is 0 Å². The Morgan fingerprint density at radius 2 is 1.74 bits per heavy atom. The van der Waals surface area contributed by atoms with Crippen molar-refractivity contribution in [3.8, 4) is 0 Å². The predicted molar refractivity (Wildman–Crippen MR) is 78.1 cm³/mol. The molecule has 19 heavy (non-hydrogen) atoms. The normalized spacial score (nSPS) is 24.5. The van der Waals surface area contributed by atoms with Crippen molar-refractivity contribution in [2.75, 3.05) is 25.4 Å². The fourth-order valence-corrected chi connectivity index (χ4v) is 2.87. The molecule has 0 aliphatic carbocycles. The van der Waals surface area contributed by atoms with Gasteiger partial charge in [-0.05, 0) is 44.7 Å². The second-order valence-electron chi connectivity index (χ2n) is 5.38. The average Bonchev–Trinajstić information content (AvgIpc) is 2.38. The zero-order chi connectivity index (χ0) is 14.0. The van der Waals surface area contributed by atoms with Gasteiger partial charge in [-0.2, -0.15) is 0 Å². The van der Waals surface area contributed by atoms with E-state index in [1.165, 1.54) is 0 Å². The van der Waals surface area contributed by atoms with Gasteiger partial charge in [-0.3, -0.25) is 9.69 Å². The van der Waals surface area contributed by atoms with Crippen LogP contribution < -0.4 is 5.73 Å². The number of amides is 1. The summed E-state index contributed by atoms with van der Waals surface area (Å²) >= 11 is 0. The molecular formula is C15H23N3O. The Balaban J connectivity index is 2.16. The maximum atomic E-state index is 12.6. The Morgan fingerprint density at radius 1 is 1.21 bits per heavy atom. The third-order valence-electron chi connectivity index (χ3n) is 3.83. The van der Waals surface area contributed by atoms with Crippen molar-refractivity contribution in [3.05, 3.63) is 29.8 Å². The minimum absolute atomic E-state index is 0.107. The summed E-state index contributed by atoms with van der Waals surface area (Å²) in [6.45, 7) is 9.33. The quantitative estimate of drug-likeness (QED) is 0.826. The van der Waals surface area contributed by atoms with Gasteiger partial charge in [0, 0.05) is 36.4 Å². The summed E-state index contributed by atoms with van der Waals surface area (Å²) in [5.41, 5.74) is 7.07. The lowest BCUT2D eigenvalue weighted by molar-refractivity contribution is 0.0302. The number of benzene rings is 1. The highest BCUT2D eigenvalue weighted by Crippen LogP contribution is 2.19. The molecule has 1 saturated heterocycles. The van der Waals surface area contributed by atoms with Crippen LogP contribution in [-0.4, -0.2) is 47.4 Å². The van der Waals surface area contributed by atoms with Crippen LogP contribution in [0.15, 0.2) is 24.3 Å². The SMILES string of the molecule is CCN1CC(C)N(C(=O)c2ccc(N)cc2)C(C)C1. The van der Waals surface area contributed by atoms with E-state index < -0.39 is 0 Å². The van der Waals surface area contributed by atoms with Crippen LogP contribution in [0.2, 0.25) is 0 Å². The predicted octanol–water partition coefficient (Wildman–Crippen LogP) is 1.82. The van der Waals surface area contributed by atoms with Crippen LogP contribution in [0.1, 0.15) is 31.1 Å². The average molecular weight is 261 g/mol. The number of nitrogens with two attached hydrogens (primary N) is 1. The van der Waals surface area contributed by atoms with Crippen molar-refractivity contribution in [2.24, 2.45) is 0 Å². The van der Waals surface area contributed by atoms with Crippen LogP contribution in [0.5, 0.6) is 0 Å². The number of anilines is 1. The number of hydrogen-bond donors (Lipinski definition) is 1. The van der Waals surface area contributed by atoms with Gasteiger partial charge in [0.1, 0.15) is 0 Å². The Labute approximate surface area is 115 Å². The van der Waals surface area contributed by atoms with Crippen LogP contribution in [0.3, 0.4) is 0 Å². The minimum atomic E-state index is 0.107. The van der Waals surface area contributed by atoms with E-state index in [1.807, 2.05) is 17.0 Å². The molecule has 1 aromatic rings. The molecule has 0 spiro atoms. The molecule has 2 N–H and O–H groups in total. The number of likely N-dealkylation sites (N-methyl/N-ethyl adjacent to an activating group) is 1. The smallest absolute Gasteiger partial charge is 0.254 e. The topological polar surface area (TPSA) is 49.6 Å². The first-order chi connectivity index (χ1) is 9.02. The largest absolute Gasteiger partial charge is 0.399 e. The first-order valence-electron chi connectivity index (χ1n) is 6.93. The molecule has 1 amide bonds. The molecule has 0 saturated carbocycles. The summed E-state index contributed by atoms with van der Waals surface area (Å²) in [5.74, 6) is 0.107. The van der Waals surface area contributed by atoms with E-state index in [4.69, 9.17) is 5.73 Å². The second kappa shape index (κ2) is 5.61. The van der Waals surface area contributed by atoms with Crippen molar-refractivity contribution in [2.45, 2.75) is 32.9 Å². The highest BCUT2D eigenvalue weighted by molar-refractivity contribution is 5.95. The molecule has 0 aromatic heterocycles. The molecule has 4 nitrogen and oxygen atoms in total. The third-order valence-corrected chi connectivity index (χ3v) is 3.83. The number of piperazine rings is 1. The second-order valence-corrected chi connectivity index (χ2v) is 5.38. The molecule has 4 heteroatoms. The lowest BCUT2D eigenvalue weighted by atomic mass is 10.1. The standard InChI is InChI=1S/C15H23N3O/c1-4-17-9-11(2)18(12(3)10-17)15(19)13-5-7-14(16)8-6-13/h5-8,11-12H,4,9-10,16H2,1-3H3. The van der Waals surface area contributed by atoms with E-state index in [0.717, 1.165) is 25.2 Å². The van der Waals surface area contributed by atoms with Crippen molar-refractivity contribution >= 4 is 11.6 Å². The molecule has 2 unspecified atom stereocenters. The Kier molecular flexibility index (Phi) is 4.10. The molecule has 1 aliphatic heterocycles. The minimum Gasteiger partial charge on any atom is -0.399 e. The molecule has 1 aliphatic rings. The molecule has 1 aromatic carbocycles. The van der Waals surface area contributed by atoms with Gasteiger partial charge in [-0.15, -0.1) is 0 Å². The number of hydrogen-bond acceptors (Lipinski definition) is 3. The molecule has 2 rings (SSSR count). The van der Waals surface area contributed by atoms with Gasteiger partial charge in [0.15, 0.2) is 0 Å². The Bertz CT molecular complexity index is 431. The van der Waals surface area contributed by atoms with Crippen molar-refractivity contribution in [3.63, 3.8) is 0 Å². The summed E-state index contributed by atoms with van der Waals surface area (Å²) in [6.07, 6.45) is 0. The van der Waals surface area contributed by atoms with Crippen molar-refractivity contribution in [1.29, 1.82) is 0 Å². The van der Waals surface area contributed by atoms with Crippen LogP contribution in [0.4, 0.5) is 5.69 Å². The van der Waals surface area contributed by atoms with Crippen molar-refractivity contribution < 1.29 is 4.79 Å².